The van der Waals surface area contributed by atoms with Crippen LogP contribution in [0.2, 0.25) is 0 Å². The molecule has 4 aromatic rings. The van der Waals surface area contributed by atoms with Crippen LogP contribution in [0, 0.1) is 0 Å². The fourth-order valence-electron chi connectivity index (χ4n) is 3.83. The van der Waals surface area contributed by atoms with E-state index in [0.29, 0.717) is 22.9 Å². The SMILES string of the molecule is COc1cc(-c2cc(-c3cnn(C4CC4)c3)cnc2N)cc(NS(=O)(=O)c2cnn(C)c2)c1OC. The van der Waals surface area contributed by atoms with Gasteiger partial charge in [-0.15, -0.1) is 0 Å². The van der Waals surface area contributed by atoms with Crippen molar-refractivity contribution in [2.75, 3.05) is 24.7 Å². The van der Waals surface area contributed by atoms with E-state index in [0.717, 1.165) is 24.0 Å². The number of pyridine rings is 1. The average Bonchev–Trinajstić information content (AvgIpc) is 3.39. The molecule has 1 aliphatic rings. The Bertz CT molecular complexity index is 1510. The van der Waals surface area contributed by atoms with Crippen LogP contribution in [0.4, 0.5) is 11.5 Å². The standard InChI is InChI=1S/C23H25N7O4S/c1-29-13-18(11-26-29)35(31,32)28-20-7-14(8-21(33-2)22(20)34-3)19-6-15(9-25-23(19)24)16-10-27-30(12-16)17-4-5-17/h6-13,17,28H,4-5H2,1-3H3,(H2,24,25). The first kappa shape index (κ1) is 22.7. The summed E-state index contributed by atoms with van der Waals surface area (Å²) in [4.78, 5) is 4.39. The van der Waals surface area contributed by atoms with Gasteiger partial charge < -0.3 is 15.2 Å². The van der Waals surface area contributed by atoms with Crippen LogP contribution in [0.25, 0.3) is 22.3 Å². The molecule has 182 valence electrons. The van der Waals surface area contributed by atoms with Crippen LogP contribution in [0.5, 0.6) is 11.5 Å². The molecule has 1 aliphatic carbocycles. The lowest BCUT2D eigenvalue weighted by Gasteiger charge is -2.17. The van der Waals surface area contributed by atoms with Gasteiger partial charge in [0, 0.05) is 42.3 Å². The lowest BCUT2D eigenvalue weighted by Crippen LogP contribution is -2.13. The number of ether oxygens (including phenoxy) is 2. The molecule has 1 fully saturated rings. The van der Waals surface area contributed by atoms with Gasteiger partial charge in [0.1, 0.15) is 10.7 Å². The van der Waals surface area contributed by atoms with E-state index in [-0.39, 0.29) is 22.2 Å². The summed E-state index contributed by atoms with van der Waals surface area (Å²) < 4.78 is 42.9. The third-order valence-electron chi connectivity index (χ3n) is 5.80. The second-order valence-corrected chi connectivity index (χ2v) is 9.99. The monoisotopic (exact) mass is 495 g/mol. The smallest absolute Gasteiger partial charge is 0.265 e. The maximum atomic E-state index is 13.0. The second-order valence-electron chi connectivity index (χ2n) is 8.31. The van der Waals surface area contributed by atoms with Crippen molar-refractivity contribution in [3.8, 4) is 33.8 Å². The van der Waals surface area contributed by atoms with E-state index < -0.39 is 10.0 Å². The summed E-state index contributed by atoms with van der Waals surface area (Å²) in [5.41, 5.74) is 9.42. The van der Waals surface area contributed by atoms with Crippen LogP contribution in [0.3, 0.4) is 0 Å². The second kappa shape index (κ2) is 8.62. The summed E-state index contributed by atoms with van der Waals surface area (Å²) >= 11 is 0. The first-order valence-electron chi connectivity index (χ1n) is 10.9. The minimum Gasteiger partial charge on any atom is -0.493 e. The lowest BCUT2D eigenvalue weighted by atomic mass is 10.0. The van der Waals surface area contributed by atoms with Gasteiger partial charge in [0.2, 0.25) is 0 Å². The highest BCUT2D eigenvalue weighted by Gasteiger charge is 2.25. The molecular formula is C23H25N7O4S. The van der Waals surface area contributed by atoms with Crippen molar-refractivity contribution in [3.05, 3.63) is 49.2 Å². The van der Waals surface area contributed by atoms with Crippen LogP contribution >= 0.6 is 0 Å². The fourth-order valence-corrected chi connectivity index (χ4v) is 4.86. The van der Waals surface area contributed by atoms with Crippen molar-refractivity contribution < 1.29 is 17.9 Å². The first-order chi connectivity index (χ1) is 16.8. The van der Waals surface area contributed by atoms with Gasteiger partial charge in [-0.3, -0.25) is 14.1 Å². The zero-order valence-corrected chi connectivity index (χ0v) is 20.3. The minimum absolute atomic E-state index is 0.0160. The highest BCUT2D eigenvalue weighted by atomic mass is 32.2. The largest absolute Gasteiger partial charge is 0.493 e. The summed E-state index contributed by atoms with van der Waals surface area (Å²) in [5, 5.41) is 8.39. The van der Waals surface area contributed by atoms with Gasteiger partial charge in [0.25, 0.3) is 10.0 Å². The molecule has 1 aromatic carbocycles. The molecule has 0 radical (unpaired) electrons. The predicted molar refractivity (Wildman–Crippen MR) is 131 cm³/mol. The number of aromatic nitrogens is 5. The number of hydrogen-bond acceptors (Lipinski definition) is 8. The number of nitrogen functional groups attached to an aromatic ring is 1. The van der Waals surface area contributed by atoms with Gasteiger partial charge in [0.05, 0.1) is 38.3 Å². The molecule has 35 heavy (non-hydrogen) atoms. The predicted octanol–water partition coefficient (Wildman–Crippen LogP) is 3.08. The lowest BCUT2D eigenvalue weighted by molar-refractivity contribution is 0.356. The van der Waals surface area contributed by atoms with Crippen LogP contribution in [0.1, 0.15) is 18.9 Å². The zero-order valence-electron chi connectivity index (χ0n) is 19.5. The van der Waals surface area contributed by atoms with Gasteiger partial charge >= 0.3 is 0 Å². The normalized spacial score (nSPS) is 13.6. The Balaban J connectivity index is 1.58. The number of nitrogens with one attached hydrogen (secondary N) is 1. The molecule has 0 bridgehead atoms. The minimum atomic E-state index is -3.94. The third-order valence-corrected chi connectivity index (χ3v) is 7.12. The van der Waals surface area contributed by atoms with Crippen molar-refractivity contribution in [2.45, 2.75) is 23.8 Å². The molecule has 0 aliphatic heterocycles. The van der Waals surface area contributed by atoms with Crippen LogP contribution < -0.4 is 19.9 Å². The topological polar surface area (TPSA) is 139 Å². The van der Waals surface area contributed by atoms with E-state index in [2.05, 4.69) is 19.9 Å². The molecule has 1 saturated carbocycles. The van der Waals surface area contributed by atoms with Gasteiger partial charge in [0.15, 0.2) is 11.5 Å². The van der Waals surface area contributed by atoms with E-state index >= 15 is 0 Å². The Kier molecular flexibility index (Phi) is 5.59. The maximum Gasteiger partial charge on any atom is 0.265 e. The molecule has 0 saturated heterocycles. The van der Waals surface area contributed by atoms with E-state index in [1.54, 1.807) is 31.6 Å². The summed E-state index contributed by atoms with van der Waals surface area (Å²) in [5.74, 6) is 0.856. The molecule has 5 rings (SSSR count). The van der Waals surface area contributed by atoms with E-state index in [1.165, 1.54) is 31.3 Å². The molecule has 3 N–H and O–H groups in total. The van der Waals surface area contributed by atoms with E-state index in [9.17, 15) is 8.42 Å². The highest BCUT2D eigenvalue weighted by molar-refractivity contribution is 7.92. The van der Waals surface area contributed by atoms with Crippen molar-refractivity contribution in [2.24, 2.45) is 7.05 Å². The zero-order chi connectivity index (χ0) is 24.7. The molecule has 0 amide bonds. The highest BCUT2D eigenvalue weighted by Crippen LogP contribution is 2.42. The average molecular weight is 496 g/mol. The van der Waals surface area contributed by atoms with Gasteiger partial charge in [-0.1, -0.05) is 0 Å². The van der Waals surface area contributed by atoms with Crippen LogP contribution in [0.15, 0.2) is 54.1 Å². The Morgan fingerprint density at radius 1 is 1.00 bits per heavy atom. The van der Waals surface area contributed by atoms with E-state index in [1.807, 2.05) is 16.9 Å². The van der Waals surface area contributed by atoms with Crippen molar-refractivity contribution in [3.63, 3.8) is 0 Å². The summed E-state index contributed by atoms with van der Waals surface area (Å²) in [6.07, 6.45) is 10.4. The molecular weight excluding hydrogens is 470 g/mol. The number of aryl methyl sites for hydroxylation is 1. The Morgan fingerprint density at radius 3 is 2.46 bits per heavy atom. The summed E-state index contributed by atoms with van der Waals surface area (Å²) in [7, 11) is 0.618. The Labute approximate surface area is 202 Å². The number of rotatable bonds is 8. The maximum absolute atomic E-state index is 13.0. The molecule has 3 heterocycles. The molecule has 12 heteroatoms. The number of nitrogens with zero attached hydrogens (tertiary/aromatic N) is 5. The summed E-state index contributed by atoms with van der Waals surface area (Å²) in [6, 6.07) is 5.73. The Hall–Kier alpha value is -4.06. The van der Waals surface area contributed by atoms with Crippen LogP contribution in [-0.4, -0.2) is 47.2 Å². The van der Waals surface area contributed by atoms with Gasteiger partial charge in [-0.25, -0.2) is 13.4 Å². The third kappa shape index (κ3) is 4.39. The summed E-state index contributed by atoms with van der Waals surface area (Å²) in [6.45, 7) is 0. The van der Waals surface area contributed by atoms with Crippen molar-refractivity contribution in [1.82, 2.24) is 24.5 Å². The van der Waals surface area contributed by atoms with E-state index in [4.69, 9.17) is 15.2 Å². The van der Waals surface area contributed by atoms with Crippen LogP contribution in [-0.2, 0) is 17.1 Å². The quantitative estimate of drug-likeness (QED) is 0.380. The molecule has 0 spiro atoms. The molecule has 3 aromatic heterocycles. The fraction of sp³-hybridized carbons (Fsp3) is 0.261. The van der Waals surface area contributed by atoms with Gasteiger partial charge in [-0.2, -0.15) is 10.2 Å². The number of hydrogen-bond donors (Lipinski definition) is 2. The van der Waals surface area contributed by atoms with Crippen molar-refractivity contribution in [1.29, 1.82) is 0 Å². The van der Waals surface area contributed by atoms with Crippen molar-refractivity contribution >= 4 is 21.5 Å². The number of nitrogens with two attached hydrogens (primary N) is 1. The number of methoxy groups -OCH3 is 2. The van der Waals surface area contributed by atoms with Gasteiger partial charge in [-0.05, 0) is 36.6 Å². The first-order valence-corrected chi connectivity index (χ1v) is 12.4. The Morgan fingerprint density at radius 2 is 1.80 bits per heavy atom. The molecule has 11 nitrogen and oxygen atoms in total. The number of benzene rings is 1. The molecule has 0 unspecified atom stereocenters. The molecule has 0 atom stereocenters. The number of anilines is 2. The number of sulfonamides is 1.